The summed E-state index contributed by atoms with van der Waals surface area (Å²) >= 11 is 5.81. The molecule has 2 aromatic rings. The van der Waals surface area contributed by atoms with Gasteiger partial charge < -0.3 is 10.4 Å². The summed E-state index contributed by atoms with van der Waals surface area (Å²) in [5, 5.41) is 12.8. The van der Waals surface area contributed by atoms with E-state index in [9.17, 15) is 9.90 Å². The van der Waals surface area contributed by atoms with Crippen molar-refractivity contribution >= 4 is 23.2 Å². The van der Waals surface area contributed by atoms with Crippen molar-refractivity contribution in [3.8, 4) is 5.75 Å². The van der Waals surface area contributed by atoms with Gasteiger partial charge in [0.1, 0.15) is 5.75 Å². The third-order valence-electron chi connectivity index (χ3n) is 2.68. The van der Waals surface area contributed by atoms with Gasteiger partial charge in [-0.3, -0.25) is 9.78 Å². The van der Waals surface area contributed by atoms with Crippen molar-refractivity contribution in [3.63, 3.8) is 0 Å². The van der Waals surface area contributed by atoms with Crippen molar-refractivity contribution in [3.05, 3.63) is 52.3 Å². The van der Waals surface area contributed by atoms with Gasteiger partial charge >= 0.3 is 0 Å². The van der Waals surface area contributed by atoms with E-state index in [-0.39, 0.29) is 11.3 Å². The second-order valence-electron chi connectivity index (χ2n) is 4.20. The number of phenols is 1. The predicted molar refractivity (Wildman–Crippen MR) is 74.8 cm³/mol. The Morgan fingerprint density at radius 2 is 2.00 bits per heavy atom. The van der Waals surface area contributed by atoms with Gasteiger partial charge in [-0.05, 0) is 44.2 Å². The average Bonchev–Trinajstić information content (AvgIpc) is 2.35. The number of carbonyl (C=O) groups is 1. The van der Waals surface area contributed by atoms with E-state index in [1.807, 2.05) is 6.92 Å². The van der Waals surface area contributed by atoms with Gasteiger partial charge in [0, 0.05) is 10.7 Å². The van der Waals surface area contributed by atoms with Crippen molar-refractivity contribution in [1.82, 2.24) is 4.98 Å². The number of pyridine rings is 1. The zero-order valence-corrected chi connectivity index (χ0v) is 11.3. The lowest BCUT2D eigenvalue weighted by molar-refractivity contribution is 0.102. The topological polar surface area (TPSA) is 62.2 Å². The van der Waals surface area contributed by atoms with Gasteiger partial charge in [-0.25, -0.2) is 0 Å². The number of phenolic OH excluding ortho intramolecular Hbond substituents is 1. The number of amides is 1. The summed E-state index contributed by atoms with van der Waals surface area (Å²) in [6.07, 6.45) is 0. The number of aromatic hydroxyl groups is 1. The highest BCUT2D eigenvalue weighted by atomic mass is 35.5. The number of hydrogen-bond acceptors (Lipinski definition) is 3. The molecule has 98 valence electrons. The summed E-state index contributed by atoms with van der Waals surface area (Å²) in [6, 6.07) is 7.91. The van der Waals surface area contributed by atoms with Gasteiger partial charge in [-0.1, -0.05) is 11.6 Å². The fourth-order valence-electron chi connectivity index (χ4n) is 1.70. The molecular formula is C14H13ClN2O2. The number of halogens is 1. The summed E-state index contributed by atoms with van der Waals surface area (Å²) in [7, 11) is 0. The number of rotatable bonds is 2. The zero-order chi connectivity index (χ0) is 14.0. The van der Waals surface area contributed by atoms with Crippen LogP contribution in [-0.2, 0) is 0 Å². The molecule has 2 rings (SSSR count). The molecule has 0 saturated heterocycles. The summed E-state index contributed by atoms with van der Waals surface area (Å²) in [5.41, 5.74) is 2.33. The summed E-state index contributed by atoms with van der Waals surface area (Å²) in [6.45, 7) is 3.68. The van der Waals surface area contributed by atoms with Gasteiger partial charge in [-0.15, -0.1) is 0 Å². The molecule has 1 aromatic heterocycles. The normalized spacial score (nSPS) is 10.3. The summed E-state index contributed by atoms with van der Waals surface area (Å²) < 4.78 is 0. The molecule has 1 aromatic carbocycles. The minimum Gasteiger partial charge on any atom is -0.507 e. The SMILES string of the molecule is Cc1ccc(NC(=O)c2cc(Cl)ccc2O)c(C)n1. The van der Waals surface area contributed by atoms with Gasteiger partial charge in [-0.2, -0.15) is 0 Å². The smallest absolute Gasteiger partial charge is 0.259 e. The van der Waals surface area contributed by atoms with E-state index in [4.69, 9.17) is 11.6 Å². The van der Waals surface area contributed by atoms with Crippen LogP contribution < -0.4 is 5.32 Å². The second-order valence-corrected chi connectivity index (χ2v) is 4.64. The monoisotopic (exact) mass is 276 g/mol. The number of aromatic nitrogens is 1. The van der Waals surface area contributed by atoms with E-state index >= 15 is 0 Å². The molecule has 0 atom stereocenters. The van der Waals surface area contributed by atoms with Crippen LogP contribution >= 0.6 is 11.6 Å². The molecule has 0 radical (unpaired) electrons. The van der Waals surface area contributed by atoms with Crippen LogP contribution in [0.25, 0.3) is 0 Å². The lowest BCUT2D eigenvalue weighted by atomic mass is 10.1. The van der Waals surface area contributed by atoms with Gasteiger partial charge in [0.15, 0.2) is 0 Å². The molecule has 2 N–H and O–H groups in total. The van der Waals surface area contributed by atoms with Crippen molar-refractivity contribution in [2.75, 3.05) is 5.32 Å². The molecule has 1 heterocycles. The average molecular weight is 277 g/mol. The lowest BCUT2D eigenvalue weighted by Gasteiger charge is -2.09. The number of hydrogen-bond donors (Lipinski definition) is 2. The van der Waals surface area contributed by atoms with Crippen molar-refractivity contribution in [1.29, 1.82) is 0 Å². The van der Waals surface area contributed by atoms with Gasteiger partial charge in [0.25, 0.3) is 5.91 Å². The standard InChI is InChI=1S/C14H13ClN2O2/c1-8-3-5-12(9(2)16-8)17-14(19)11-7-10(15)4-6-13(11)18/h3-7,18H,1-2H3,(H,17,19). The van der Waals surface area contributed by atoms with E-state index in [1.54, 1.807) is 19.1 Å². The number of nitrogens with zero attached hydrogens (tertiary/aromatic N) is 1. The van der Waals surface area contributed by atoms with Gasteiger partial charge in [0.05, 0.1) is 16.9 Å². The molecule has 0 aliphatic rings. The van der Waals surface area contributed by atoms with Gasteiger partial charge in [0.2, 0.25) is 0 Å². The molecule has 1 amide bonds. The molecule has 0 aliphatic heterocycles. The maximum atomic E-state index is 12.1. The van der Waals surface area contributed by atoms with Crippen LogP contribution in [0.3, 0.4) is 0 Å². The first-order chi connectivity index (χ1) is 8.97. The molecule has 0 saturated carbocycles. The van der Waals surface area contributed by atoms with Crippen LogP contribution in [0.15, 0.2) is 30.3 Å². The van der Waals surface area contributed by atoms with Crippen LogP contribution in [0.4, 0.5) is 5.69 Å². The molecule has 0 spiro atoms. The first kappa shape index (κ1) is 13.4. The lowest BCUT2D eigenvalue weighted by Crippen LogP contribution is -2.13. The van der Waals surface area contributed by atoms with E-state index in [0.717, 1.165) is 11.4 Å². The van der Waals surface area contributed by atoms with Crippen molar-refractivity contribution in [2.45, 2.75) is 13.8 Å². The Morgan fingerprint density at radius 3 is 2.68 bits per heavy atom. The van der Waals surface area contributed by atoms with Crippen LogP contribution in [0, 0.1) is 13.8 Å². The maximum Gasteiger partial charge on any atom is 0.259 e. The molecule has 0 aliphatic carbocycles. The Bertz CT molecular complexity index is 641. The molecule has 0 unspecified atom stereocenters. The Morgan fingerprint density at radius 1 is 1.26 bits per heavy atom. The minimum atomic E-state index is -0.422. The predicted octanol–water partition coefficient (Wildman–Crippen LogP) is 3.31. The quantitative estimate of drug-likeness (QED) is 0.884. The maximum absolute atomic E-state index is 12.1. The largest absolute Gasteiger partial charge is 0.507 e. The Balaban J connectivity index is 2.28. The second kappa shape index (κ2) is 5.28. The zero-order valence-electron chi connectivity index (χ0n) is 10.6. The van der Waals surface area contributed by atoms with E-state index in [2.05, 4.69) is 10.3 Å². The highest BCUT2D eigenvalue weighted by Gasteiger charge is 2.13. The third-order valence-corrected chi connectivity index (χ3v) is 2.91. The molecule has 19 heavy (non-hydrogen) atoms. The summed E-state index contributed by atoms with van der Waals surface area (Å²) in [5.74, 6) is -0.534. The summed E-state index contributed by atoms with van der Waals surface area (Å²) in [4.78, 5) is 16.3. The van der Waals surface area contributed by atoms with Crippen LogP contribution in [0.2, 0.25) is 5.02 Å². The van der Waals surface area contributed by atoms with Crippen molar-refractivity contribution < 1.29 is 9.90 Å². The molecule has 5 heteroatoms. The number of anilines is 1. The number of carbonyl (C=O) groups excluding carboxylic acids is 1. The van der Waals surface area contributed by atoms with E-state index in [1.165, 1.54) is 18.2 Å². The number of benzene rings is 1. The molecule has 0 fully saturated rings. The van der Waals surface area contributed by atoms with Crippen LogP contribution in [0.5, 0.6) is 5.75 Å². The Hall–Kier alpha value is -2.07. The number of aryl methyl sites for hydroxylation is 2. The minimum absolute atomic E-state index is 0.111. The molecule has 4 nitrogen and oxygen atoms in total. The highest BCUT2D eigenvalue weighted by Crippen LogP contribution is 2.23. The van der Waals surface area contributed by atoms with Crippen LogP contribution in [0.1, 0.15) is 21.7 Å². The molecule has 0 bridgehead atoms. The Labute approximate surface area is 116 Å². The van der Waals surface area contributed by atoms with Crippen molar-refractivity contribution in [2.24, 2.45) is 0 Å². The number of nitrogens with one attached hydrogen (secondary N) is 1. The van der Waals surface area contributed by atoms with E-state index in [0.29, 0.717) is 10.7 Å². The fourth-order valence-corrected chi connectivity index (χ4v) is 1.87. The fraction of sp³-hybridized carbons (Fsp3) is 0.143. The molecular weight excluding hydrogens is 264 g/mol. The van der Waals surface area contributed by atoms with Crippen LogP contribution in [-0.4, -0.2) is 16.0 Å². The Kier molecular flexibility index (Phi) is 3.71. The first-order valence-corrected chi connectivity index (χ1v) is 6.09. The third kappa shape index (κ3) is 3.03. The highest BCUT2D eigenvalue weighted by molar-refractivity contribution is 6.31. The van der Waals surface area contributed by atoms with E-state index < -0.39 is 5.91 Å². The first-order valence-electron chi connectivity index (χ1n) is 5.71.